The summed E-state index contributed by atoms with van der Waals surface area (Å²) in [5.74, 6) is -2.81. The SMILES string of the molecule is CC(=O)C1(O)CC(=O)OC1=O. The normalized spacial score (nSPS) is 30.4. The standard InChI is InChI=1S/C6H6O5/c1-3(7)6(10)2-4(8)11-5(6)9/h10H,2H2,1H3. The Morgan fingerprint density at radius 1 is 1.64 bits per heavy atom. The summed E-state index contributed by atoms with van der Waals surface area (Å²) in [5, 5.41) is 9.16. The number of esters is 2. The molecule has 0 aromatic heterocycles. The molecule has 1 saturated heterocycles. The monoisotopic (exact) mass is 158 g/mol. The van der Waals surface area contributed by atoms with Gasteiger partial charge in [0, 0.05) is 0 Å². The van der Waals surface area contributed by atoms with Crippen LogP contribution in [0.25, 0.3) is 0 Å². The highest BCUT2D eigenvalue weighted by Crippen LogP contribution is 2.21. The highest BCUT2D eigenvalue weighted by atomic mass is 16.6. The first-order valence-corrected chi connectivity index (χ1v) is 2.95. The van der Waals surface area contributed by atoms with Gasteiger partial charge in [-0.15, -0.1) is 0 Å². The van der Waals surface area contributed by atoms with Crippen LogP contribution >= 0.6 is 0 Å². The van der Waals surface area contributed by atoms with Crippen LogP contribution in [0.3, 0.4) is 0 Å². The van der Waals surface area contributed by atoms with Gasteiger partial charge in [-0.2, -0.15) is 0 Å². The van der Waals surface area contributed by atoms with Crippen LogP contribution in [0.5, 0.6) is 0 Å². The predicted molar refractivity (Wildman–Crippen MR) is 31.3 cm³/mol. The summed E-state index contributed by atoms with van der Waals surface area (Å²) < 4.78 is 3.99. The molecule has 0 aromatic carbocycles. The highest BCUT2D eigenvalue weighted by Gasteiger charge is 2.51. The van der Waals surface area contributed by atoms with Gasteiger partial charge in [0.2, 0.25) is 5.60 Å². The van der Waals surface area contributed by atoms with Crippen LogP contribution in [0.15, 0.2) is 0 Å². The van der Waals surface area contributed by atoms with Gasteiger partial charge in [-0.3, -0.25) is 9.59 Å². The summed E-state index contributed by atoms with van der Waals surface area (Å²) in [7, 11) is 0. The van der Waals surface area contributed by atoms with E-state index in [1.165, 1.54) is 0 Å². The van der Waals surface area contributed by atoms with E-state index in [4.69, 9.17) is 5.11 Å². The Kier molecular flexibility index (Phi) is 1.52. The van der Waals surface area contributed by atoms with Crippen molar-refractivity contribution in [1.29, 1.82) is 0 Å². The predicted octanol–water partition coefficient (Wildman–Crippen LogP) is -1.22. The van der Waals surface area contributed by atoms with Crippen molar-refractivity contribution in [2.45, 2.75) is 18.9 Å². The number of hydrogen-bond donors (Lipinski definition) is 1. The van der Waals surface area contributed by atoms with Crippen LogP contribution in [0.1, 0.15) is 13.3 Å². The molecule has 5 heteroatoms. The summed E-state index contributed by atoms with van der Waals surface area (Å²) in [6, 6.07) is 0. The molecule has 0 radical (unpaired) electrons. The number of cyclic esters (lactones) is 2. The largest absolute Gasteiger partial charge is 0.391 e. The van der Waals surface area contributed by atoms with Gasteiger partial charge < -0.3 is 9.84 Å². The molecule has 0 bridgehead atoms. The van der Waals surface area contributed by atoms with E-state index >= 15 is 0 Å². The summed E-state index contributed by atoms with van der Waals surface area (Å²) in [6.07, 6.45) is -0.568. The topological polar surface area (TPSA) is 80.7 Å². The molecule has 1 N–H and O–H groups in total. The molecule has 1 aliphatic heterocycles. The number of hydrogen-bond acceptors (Lipinski definition) is 5. The van der Waals surface area contributed by atoms with E-state index in [-0.39, 0.29) is 0 Å². The quantitative estimate of drug-likeness (QED) is 0.382. The second-order valence-electron chi connectivity index (χ2n) is 2.35. The molecular weight excluding hydrogens is 152 g/mol. The minimum absolute atomic E-state index is 0.568. The molecule has 1 unspecified atom stereocenters. The Bertz CT molecular complexity index is 243. The van der Waals surface area contributed by atoms with Crippen LogP contribution in [0.4, 0.5) is 0 Å². The Morgan fingerprint density at radius 2 is 2.18 bits per heavy atom. The molecule has 0 spiro atoms. The fourth-order valence-corrected chi connectivity index (χ4v) is 0.773. The number of carbonyl (C=O) groups excluding carboxylic acids is 3. The Morgan fingerprint density at radius 3 is 2.36 bits per heavy atom. The van der Waals surface area contributed by atoms with E-state index < -0.39 is 29.7 Å². The molecule has 1 aliphatic rings. The van der Waals surface area contributed by atoms with Crippen molar-refractivity contribution in [3.8, 4) is 0 Å². The number of Topliss-reactive ketones (excluding diaryl/α,β-unsaturated/α-hetero) is 1. The molecule has 0 aromatic rings. The van der Waals surface area contributed by atoms with Gasteiger partial charge in [0.05, 0.1) is 6.42 Å². The van der Waals surface area contributed by atoms with Gasteiger partial charge in [0.25, 0.3) is 0 Å². The lowest BCUT2D eigenvalue weighted by Crippen LogP contribution is -2.41. The molecule has 1 heterocycles. The molecule has 1 atom stereocenters. The average Bonchev–Trinajstić information content (AvgIpc) is 2.08. The van der Waals surface area contributed by atoms with Crippen LogP contribution in [-0.4, -0.2) is 28.4 Å². The lowest BCUT2D eigenvalue weighted by molar-refractivity contribution is -0.161. The fourth-order valence-electron chi connectivity index (χ4n) is 0.773. The van der Waals surface area contributed by atoms with Gasteiger partial charge in [0.1, 0.15) is 0 Å². The zero-order chi connectivity index (χ0) is 8.65. The first-order chi connectivity index (χ1) is 4.97. The maximum atomic E-state index is 10.6. The Labute approximate surface area is 62.0 Å². The summed E-state index contributed by atoms with van der Waals surface area (Å²) >= 11 is 0. The third-order valence-corrected chi connectivity index (χ3v) is 1.53. The van der Waals surface area contributed by atoms with Crippen LogP contribution in [0.2, 0.25) is 0 Å². The van der Waals surface area contributed by atoms with Crippen molar-refractivity contribution in [2.24, 2.45) is 0 Å². The lowest BCUT2D eigenvalue weighted by Gasteiger charge is -2.10. The van der Waals surface area contributed by atoms with Crippen molar-refractivity contribution in [3.05, 3.63) is 0 Å². The molecule has 0 saturated carbocycles. The van der Waals surface area contributed by atoms with Gasteiger partial charge in [-0.1, -0.05) is 0 Å². The number of ether oxygens (including phenoxy) is 1. The van der Waals surface area contributed by atoms with Crippen LogP contribution in [-0.2, 0) is 19.1 Å². The number of ketones is 1. The summed E-state index contributed by atoms with van der Waals surface area (Å²) in [5.41, 5.74) is -2.23. The van der Waals surface area contributed by atoms with Crippen molar-refractivity contribution in [3.63, 3.8) is 0 Å². The maximum Gasteiger partial charge on any atom is 0.354 e. The zero-order valence-corrected chi connectivity index (χ0v) is 5.79. The summed E-state index contributed by atoms with van der Waals surface area (Å²) in [6.45, 7) is 1.03. The summed E-state index contributed by atoms with van der Waals surface area (Å²) in [4.78, 5) is 31.7. The van der Waals surface area contributed by atoms with Crippen molar-refractivity contribution in [2.75, 3.05) is 0 Å². The third kappa shape index (κ3) is 1.03. The molecule has 11 heavy (non-hydrogen) atoms. The van der Waals surface area contributed by atoms with Crippen LogP contribution < -0.4 is 0 Å². The van der Waals surface area contributed by atoms with E-state index in [2.05, 4.69) is 4.74 Å². The van der Waals surface area contributed by atoms with Gasteiger partial charge in [0.15, 0.2) is 5.78 Å². The zero-order valence-electron chi connectivity index (χ0n) is 5.79. The van der Waals surface area contributed by atoms with Gasteiger partial charge >= 0.3 is 11.9 Å². The maximum absolute atomic E-state index is 10.6. The van der Waals surface area contributed by atoms with Crippen LogP contribution in [0, 0.1) is 0 Å². The molecule has 0 amide bonds. The third-order valence-electron chi connectivity index (χ3n) is 1.53. The second kappa shape index (κ2) is 2.13. The van der Waals surface area contributed by atoms with Crippen molar-refractivity contribution in [1.82, 2.24) is 0 Å². The van der Waals surface area contributed by atoms with E-state index in [0.29, 0.717) is 0 Å². The first-order valence-electron chi connectivity index (χ1n) is 2.95. The smallest absolute Gasteiger partial charge is 0.354 e. The van der Waals surface area contributed by atoms with Crippen molar-refractivity contribution < 1.29 is 24.2 Å². The lowest BCUT2D eigenvalue weighted by atomic mass is 9.98. The first kappa shape index (κ1) is 7.87. The van der Waals surface area contributed by atoms with E-state index in [9.17, 15) is 14.4 Å². The number of carbonyl (C=O) groups is 3. The van der Waals surface area contributed by atoms with E-state index in [0.717, 1.165) is 6.92 Å². The highest BCUT2D eigenvalue weighted by molar-refractivity contribution is 6.14. The minimum atomic E-state index is -2.23. The Hall–Kier alpha value is -1.23. The molecule has 1 rings (SSSR count). The molecule has 1 fully saturated rings. The Balaban J connectivity index is 2.96. The van der Waals surface area contributed by atoms with E-state index in [1.54, 1.807) is 0 Å². The van der Waals surface area contributed by atoms with E-state index in [1.807, 2.05) is 0 Å². The van der Waals surface area contributed by atoms with Crippen molar-refractivity contribution >= 4 is 17.7 Å². The molecule has 60 valence electrons. The molecule has 0 aliphatic carbocycles. The average molecular weight is 158 g/mol. The second-order valence-corrected chi connectivity index (χ2v) is 2.35. The fraction of sp³-hybridized carbons (Fsp3) is 0.500. The van der Waals surface area contributed by atoms with Gasteiger partial charge in [-0.05, 0) is 6.92 Å². The molecular formula is C6H6O5. The number of aliphatic hydroxyl groups is 1. The minimum Gasteiger partial charge on any atom is -0.391 e. The van der Waals surface area contributed by atoms with Gasteiger partial charge in [-0.25, -0.2) is 4.79 Å². The number of rotatable bonds is 1. The molecule has 5 nitrogen and oxygen atoms in total.